The molecule has 222 valence electrons. The molecular formula is C33H42BN3O5. The Bertz CT molecular complexity index is 1460. The summed E-state index contributed by atoms with van der Waals surface area (Å²) in [6, 6.07) is 16.0. The molecule has 0 saturated carbocycles. The highest BCUT2D eigenvalue weighted by atomic mass is 16.7. The lowest BCUT2D eigenvalue weighted by Gasteiger charge is -2.32. The Hall–Kier alpha value is -3.43. The van der Waals surface area contributed by atoms with Crippen molar-refractivity contribution < 1.29 is 23.6 Å². The minimum atomic E-state index is -0.533. The second-order valence-corrected chi connectivity index (χ2v) is 13.4. The van der Waals surface area contributed by atoms with Crippen molar-refractivity contribution in [3.63, 3.8) is 0 Å². The summed E-state index contributed by atoms with van der Waals surface area (Å²) in [4.78, 5) is 32.4. The number of rotatable bonds is 5. The van der Waals surface area contributed by atoms with E-state index >= 15 is 0 Å². The first kappa shape index (κ1) is 30.0. The largest absolute Gasteiger partial charge is 0.495 e. The van der Waals surface area contributed by atoms with Crippen molar-refractivity contribution in [2.45, 2.75) is 90.6 Å². The van der Waals surface area contributed by atoms with Gasteiger partial charge in [0.1, 0.15) is 5.60 Å². The maximum Gasteiger partial charge on any atom is 0.495 e. The third-order valence-electron chi connectivity index (χ3n) is 8.58. The molecule has 3 heterocycles. The van der Waals surface area contributed by atoms with E-state index in [0.29, 0.717) is 36.6 Å². The van der Waals surface area contributed by atoms with Crippen LogP contribution in [0.25, 0.3) is 10.9 Å². The van der Waals surface area contributed by atoms with Crippen LogP contribution in [-0.4, -0.2) is 58.9 Å². The van der Waals surface area contributed by atoms with E-state index in [1.165, 1.54) is 5.56 Å². The summed E-state index contributed by atoms with van der Waals surface area (Å²) < 4.78 is 18.0. The van der Waals surface area contributed by atoms with Crippen LogP contribution in [0.5, 0.6) is 0 Å². The maximum atomic E-state index is 13.8. The SMILES string of the molecule is CC(C)(C)OC(=O)NCc1cccc(C2CCN(C(=O)c3ccc(B4OC(C)(C)C(C)(C)O4)c4cccnc34)CC2)c1. The summed E-state index contributed by atoms with van der Waals surface area (Å²) in [6.45, 7) is 15.4. The summed E-state index contributed by atoms with van der Waals surface area (Å²) >= 11 is 0. The summed E-state index contributed by atoms with van der Waals surface area (Å²) in [5.74, 6) is 0.337. The highest BCUT2D eigenvalue weighted by molar-refractivity contribution is 6.65. The van der Waals surface area contributed by atoms with Gasteiger partial charge in [0.15, 0.2) is 0 Å². The van der Waals surface area contributed by atoms with E-state index in [1.54, 1.807) is 6.20 Å². The van der Waals surface area contributed by atoms with Crippen molar-refractivity contribution in [3.05, 3.63) is 71.4 Å². The van der Waals surface area contributed by atoms with Crippen LogP contribution in [0.1, 0.15) is 88.7 Å². The molecule has 0 radical (unpaired) electrons. The molecular weight excluding hydrogens is 529 g/mol. The average Bonchev–Trinajstić information content (AvgIpc) is 3.16. The van der Waals surface area contributed by atoms with Crippen molar-refractivity contribution in [1.29, 1.82) is 0 Å². The lowest BCUT2D eigenvalue weighted by atomic mass is 9.76. The molecule has 2 amide bonds. The van der Waals surface area contributed by atoms with Crippen LogP contribution < -0.4 is 10.8 Å². The monoisotopic (exact) mass is 571 g/mol. The minimum Gasteiger partial charge on any atom is -0.444 e. The van der Waals surface area contributed by atoms with Crippen LogP contribution in [0.3, 0.4) is 0 Å². The van der Waals surface area contributed by atoms with E-state index in [0.717, 1.165) is 29.3 Å². The minimum absolute atomic E-state index is 0.00655. The summed E-state index contributed by atoms with van der Waals surface area (Å²) in [5, 5.41) is 3.70. The summed E-state index contributed by atoms with van der Waals surface area (Å²) in [7, 11) is -0.531. The van der Waals surface area contributed by atoms with Crippen molar-refractivity contribution in [2.24, 2.45) is 0 Å². The smallest absolute Gasteiger partial charge is 0.444 e. The number of ether oxygens (including phenoxy) is 1. The lowest BCUT2D eigenvalue weighted by Crippen LogP contribution is -2.41. The van der Waals surface area contributed by atoms with Gasteiger partial charge in [-0.15, -0.1) is 0 Å². The van der Waals surface area contributed by atoms with Gasteiger partial charge >= 0.3 is 13.2 Å². The number of pyridine rings is 1. The predicted molar refractivity (Wildman–Crippen MR) is 165 cm³/mol. The van der Waals surface area contributed by atoms with Crippen LogP contribution >= 0.6 is 0 Å². The predicted octanol–water partition coefficient (Wildman–Crippen LogP) is 5.58. The van der Waals surface area contributed by atoms with E-state index in [1.807, 2.05) is 89.8 Å². The number of carbonyl (C=O) groups is 2. The fourth-order valence-corrected chi connectivity index (χ4v) is 5.57. The molecule has 2 aliphatic rings. The van der Waals surface area contributed by atoms with Crippen LogP contribution in [0.2, 0.25) is 0 Å². The molecule has 2 aromatic carbocycles. The van der Waals surface area contributed by atoms with E-state index in [-0.39, 0.29) is 5.91 Å². The highest BCUT2D eigenvalue weighted by Crippen LogP contribution is 2.37. The Morgan fingerprint density at radius 1 is 1.02 bits per heavy atom. The number of carbonyl (C=O) groups excluding carboxylic acids is 2. The van der Waals surface area contributed by atoms with Gasteiger partial charge in [0.05, 0.1) is 22.3 Å². The molecule has 2 fully saturated rings. The lowest BCUT2D eigenvalue weighted by molar-refractivity contribution is 0.00578. The first-order valence-corrected chi connectivity index (χ1v) is 14.8. The Morgan fingerprint density at radius 3 is 2.38 bits per heavy atom. The molecule has 5 rings (SSSR count). The van der Waals surface area contributed by atoms with Crippen LogP contribution in [0, 0.1) is 0 Å². The zero-order chi connectivity index (χ0) is 30.3. The second-order valence-electron chi connectivity index (χ2n) is 13.4. The zero-order valence-corrected chi connectivity index (χ0v) is 25.8. The molecule has 1 aromatic heterocycles. The molecule has 1 N–H and O–H groups in total. The zero-order valence-electron chi connectivity index (χ0n) is 25.8. The fraction of sp³-hybridized carbons (Fsp3) is 0.485. The standard InChI is InChI=1S/C33H42BN3O5/c1-31(2,3)40-30(39)36-21-22-10-8-11-24(20-22)23-15-18-37(19-16-23)29(38)26-13-14-27(25-12-9-17-35-28(25)26)34-41-32(4,5)33(6,7)42-34/h8-14,17,20,23H,15-16,18-19,21H2,1-7H3,(H,36,39). The number of fused-ring (bicyclic) bond motifs is 1. The van der Waals surface area contributed by atoms with E-state index in [4.69, 9.17) is 14.0 Å². The van der Waals surface area contributed by atoms with Gasteiger partial charge in [-0.25, -0.2) is 4.79 Å². The van der Waals surface area contributed by atoms with Crippen molar-refractivity contribution in [1.82, 2.24) is 15.2 Å². The number of hydrogen-bond donors (Lipinski definition) is 1. The van der Waals surface area contributed by atoms with Crippen molar-refractivity contribution >= 4 is 35.5 Å². The number of benzene rings is 2. The maximum absolute atomic E-state index is 13.8. The number of piperidine rings is 1. The van der Waals surface area contributed by atoms with E-state index < -0.39 is 30.0 Å². The molecule has 3 aromatic rings. The summed E-state index contributed by atoms with van der Waals surface area (Å²) in [6.07, 6.45) is 3.04. The molecule has 2 saturated heterocycles. The molecule has 0 aliphatic carbocycles. The van der Waals surface area contributed by atoms with Gasteiger partial charge in [-0.3, -0.25) is 9.78 Å². The van der Waals surface area contributed by atoms with E-state index in [2.05, 4.69) is 22.4 Å². The first-order valence-electron chi connectivity index (χ1n) is 14.8. The number of alkyl carbamates (subject to hydrolysis) is 1. The number of nitrogens with one attached hydrogen (secondary N) is 1. The Morgan fingerprint density at radius 2 is 1.71 bits per heavy atom. The number of nitrogens with zero attached hydrogens (tertiary/aromatic N) is 2. The van der Waals surface area contributed by atoms with Crippen LogP contribution in [0.15, 0.2) is 54.7 Å². The molecule has 0 spiro atoms. The third kappa shape index (κ3) is 6.32. The molecule has 0 bridgehead atoms. The Kier molecular flexibility index (Phi) is 8.11. The molecule has 42 heavy (non-hydrogen) atoms. The van der Waals surface area contributed by atoms with Crippen LogP contribution in [0.4, 0.5) is 4.79 Å². The number of amides is 2. The molecule has 8 nitrogen and oxygen atoms in total. The quantitative estimate of drug-likeness (QED) is 0.403. The molecule has 9 heteroatoms. The Labute approximate surface area is 249 Å². The van der Waals surface area contributed by atoms with Gasteiger partial charge in [-0.1, -0.05) is 36.4 Å². The van der Waals surface area contributed by atoms with Gasteiger partial charge in [0.25, 0.3) is 5.91 Å². The average molecular weight is 572 g/mol. The first-order chi connectivity index (χ1) is 19.7. The summed E-state index contributed by atoms with van der Waals surface area (Å²) in [5.41, 5.74) is 2.95. The number of likely N-dealkylation sites (tertiary alicyclic amines) is 1. The molecule has 0 atom stereocenters. The molecule has 2 aliphatic heterocycles. The van der Waals surface area contributed by atoms with Gasteiger partial charge in [-0.2, -0.15) is 0 Å². The van der Waals surface area contributed by atoms with Crippen molar-refractivity contribution in [2.75, 3.05) is 13.1 Å². The van der Waals surface area contributed by atoms with Crippen LogP contribution in [-0.2, 0) is 20.6 Å². The van der Waals surface area contributed by atoms with Crippen molar-refractivity contribution in [3.8, 4) is 0 Å². The normalized spacial score (nSPS) is 18.7. The van der Waals surface area contributed by atoms with E-state index in [9.17, 15) is 9.59 Å². The van der Waals surface area contributed by atoms with Gasteiger partial charge in [-0.05, 0) is 95.9 Å². The molecule has 0 unspecified atom stereocenters. The highest BCUT2D eigenvalue weighted by Gasteiger charge is 2.52. The topological polar surface area (TPSA) is 90.0 Å². The Balaban J connectivity index is 1.26. The van der Waals surface area contributed by atoms with Gasteiger partial charge in [0.2, 0.25) is 0 Å². The van der Waals surface area contributed by atoms with Gasteiger partial charge < -0.3 is 24.3 Å². The van der Waals surface area contributed by atoms with Gasteiger partial charge in [0, 0.05) is 31.2 Å². The fourth-order valence-electron chi connectivity index (χ4n) is 5.57. The number of hydrogen-bond acceptors (Lipinski definition) is 6. The third-order valence-corrected chi connectivity index (χ3v) is 8.58. The number of aromatic nitrogens is 1. The second kappa shape index (κ2) is 11.3.